The van der Waals surface area contributed by atoms with Crippen LogP contribution in [0.2, 0.25) is 0 Å². The molecule has 6 nitrogen and oxygen atoms in total. The molecule has 1 aliphatic heterocycles. The molecule has 1 aliphatic rings. The van der Waals surface area contributed by atoms with E-state index in [1.807, 2.05) is 28.6 Å². The molecule has 3 aromatic heterocycles. The van der Waals surface area contributed by atoms with E-state index in [9.17, 15) is 4.79 Å². The molecule has 6 heteroatoms. The number of fused-ring (bicyclic) bond motifs is 1. The van der Waals surface area contributed by atoms with E-state index in [2.05, 4.69) is 28.1 Å². The summed E-state index contributed by atoms with van der Waals surface area (Å²) in [6, 6.07) is 6.09. The smallest absolute Gasteiger partial charge is 0.256 e. The van der Waals surface area contributed by atoms with E-state index < -0.39 is 0 Å². The van der Waals surface area contributed by atoms with Crippen LogP contribution in [0.25, 0.3) is 11.0 Å². The minimum Gasteiger partial charge on any atom is -0.345 e. The number of pyridine rings is 1. The van der Waals surface area contributed by atoms with Crippen LogP contribution in [0.5, 0.6) is 0 Å². The van der Waals surface area contributed by atoms with Gasteiger partial charge in [-0.25, -0.2) is 4.98 Å². The molecule has 25 heavy (non-hydrogen) atoms. The third-order valence-electron chi connectivity index (χ3n) is 5.06. The topological polar surface area (TPSA) is 66.8 Å². The van der Waals surface area contributed by atoms with Gasteiger partial charge in [0, 0.05) is 30.0 Å². The molecule has 0 saturated carbocycles. The predicted octanol–water partition coefficient (Wildman–Crippen LogP) is 3.07. The van der Waals surface area contributed by atoms with Gasteiger partial charge in [-0.3, -0.25) is 9.48 Å². The lowest BCUT2D eigenvalue weighted by molar-refractivity contribution is 0.0585. The second kappa shape index (κ2) is 6.35. The van der Waals surface area contributed by atoms with Crippen LogP contribution in [0.1, 0.15) is 41.0 Å². The molecule has 0 aromatic carbocycles. The van der Waals surface area contributed by atoms with E-state index in [1.54, 1.807) is 12.4 Å². The third-order valence-corrected chi connectivity index (χ3v) is 5.06. The molecule has 0 bridgehead atoms. The lowest BCUT2D eigenvalue weighted by atomic mass is 10.0. The van der Waals surface area contributed by atoms with E-state index in [0.29, 0.717) is 5.56 Å². The van der Waals surface area contributed by atoms with Gasteiger partial charge in [-0.2, -0.15) is 5.10 Å². The van der Waals surface area contributed by atoms with Crippen LogP contribution >= 0.6 is 0 Å². The zero-order valence-electron chi connectivity index (χ0n) is 14.7. The van der Waals surface area contributed by atoms with Crippen molar-refractivity contribution < 1.29 is 4.79 Å². The zero-order valence-corrected chi connectivity index (χ0v) is 14.7. The largest absolute Gasteiger partial charge is 0.345 e. The Bertz CT molecular complexity index is 910. The van der Waals surface area contributed by atoms with Crippen molar-refractivity contribution in [3.05, 3.63) is 47.5 Å². The fraction of sp³-hybridized carbons (Fsp3) is 0.421. The van der Waals surface area contributed by atoms with Crippen LogP contribution in [0.3, 0.4) is 0 Å². The highest BCUT2D eigenvalue weighted by Gasteiger charge is 2.29. The summed E-state index contributed by atoms with van der Waals surface area (Å²) in [7, 11) is 0. The summed E-state index contributed by atoms with van der Waals surface area (Å²) in [4.78, 5) is 22.6. The second-order valence-electron chi connectivity index (χ2n) is 6.86. The number of aromatic amines is 1. The van der Waals surface area contributed by atoms with Gasteiger partial charge in [0.1, 0.15) is 5.65 Å². The number of hydrogen-bond donors (Lipinski definition) is 1. The van der Waals surface area contributed by atoms with Crippen LogP contribution in [0.15, 0.2) is 30.6 Å². The molecule has 1 atom stereocenters. The molecule has 0 spiro atoms. The molecule has 1 amide bonds. The monoisotopic (exact) mass is 337 g/mol. The maximum absolute atomic E-state index is 13.2. The van der Waals surface area contributed by atoms with E-state index in [4.69, 9.17) is 0 Å². The minimum absolute atomic E-state index is 0.0884. The highest BCUT2D eigenvalue weighted by Crippen LogP contribution is 2.24. The van der Waals surface area contributed by atoms with E-state index in [1.165, 1.54) is 0 Å². The summed E-state index contributed by atoms with van der Waals surface area (Å²) >= 11 is 0. The van der Waals surface area contributed by atoms with Gasteiger partial charge in [-0.1, -0.05) is 0 Å². The van der Waals surface area contributed by atoms with Crippen LogP contribution in [0, 0.1) is 13.8 Å². The van der Waals surface area contributed by atoms with Gasteiger partial charge in [0.25, 0.3) is 5.91 Å². The van der Waals surface area contributed by atoms with Crippen LogP contribution in [-0.4, -0.2) is 43.1 Å². The predicted molar refractivity (Wildman–Crippen MR) is 96.5 cm³/mol. The number of carbonyl (C=O) groups is 1. The number of aromatic nitrogens is 4. The summed E-state index contributed by atoms with van der Waals surface area (Å²) in [5.74, 6) is 0.0884. The maximum Gasteiger partial charge on any atom is 0.256 e. The first kappa shape index (κ1) is 15.9. The van der Waals surface area contributed by atoms with Gasteiger partial charge in [-0.05, 0) is 51.3 Å². The molecule has 0 radical (unpaired) electrons. The first-order valence-corrected chi connectivity index (χ1v) is 8.87. The van der Waals surface area contributed by atoms with Gasteiger partial charge in [0.15, 0.2) is 0 Å². The van der Waals surface area contributed by atoms with Gasteiger partial charge in [0.05, 0.1) is 23.8 Å². The summed E-state index contributed by atoms with van der Waals surface area (Å²) in [6.07, 6.45) is 6.75. The third kappa shape index (κ3) is 2.92. The van der Waals surface area contributed by atoms with Crippen molar-refractivity contribution in [3.8, 4) is 0 Å². The van der Waals surface area contributed by atoms with Gasteiger partial charge in [0.2, 0.25) is 0 Å². The Balaban J connectivity index is 1.62. The van der Waals surface area contributed by atoms with Gasteiger partial charge in [-0.15, -0.1) is 0 Å². The van der Waals surface area contributed by atoms with Crippen molar-refractivity contribution in [2.24, 2.45) is 0 Å². The molecule has 0 unspecified atom stereocenters. The summed E-state index contributed by atoms with van der Waals surface area (Å²) in [6.45, 7) is 5.63. The minimum atomic E-state index is 0.0884. The Kier molecular flexibility index (Phi) is 4.03. The van der Waals surface area contributed by atoms with E-state index in [-0.39, 0.29) is 11.9 Å². The van der Waals surface area contributed by atoms with Crippen molar-refractivity contribution in [1.82, 2.24) is 24.6 Å². The zero-order chi connectivity index (χ0) is 17.4. The number of aryl methyl sites for hydroxylation is 2. The fourth-order valence-corrected chi connectivity index (χ4v) is 3.80. The van der Waals surface area contributed by atoms with Gasteiger partial charge < -0.3 is 9.88 Å². The lowest BCUT2D eigenvalue weighted by Gasteiger charge is -2.36. The van der Waals surface area contributed by atoms with E-state index in [0.717, 1.165) is 54.8 Å². The first-order chi connectivity index (χ1) is 12.1. The van der Waals surface area contributed by atoms with Gasteiger partial charge >= 0.3 is 0 Å². The number of carbonyl (C=O) groups excluding carboxylic acids is 1. The summed E-state index contributed by atoms with van der Waals surface area (Å²) < 4.78 is 2.03. The summed E-state index contributed by atoms with van der Waals surface area (Å²) in [5, 5.41) is 5.46. The quantitative estimate of drug-likeness (QED) is 0.799. The Labute approximate surface area is 146 Å². The van der Waals surface area contributed by atoms with Crippen molar-refractivity contribution in [2.45, 2.75) is 45.7 Å². The number of nitrogens with zero attached hydrogens (tertiary/aromatic N) is 4. The standard InChI is InChI=1S/C19H23N5O/c1-13-10-14(2)24(22-13)12-15-6-3-4-9-23(15)19(25)17-11-21-18-16(17)7-5-8-20-18/h5,7-8,10-11,15H,3-4,6,9,12H2,1-2H3,(H,20,21)/t15-/m0/s1. The number of hydrogen-bond acceptors (Lipinski definition) is 3. The van der Waals surface area contributed by atoms with E-state index >= 15 is 0 Å². The number of nitrogens with one attached hydrogen (secondary N) is 1. The number of piperidine rings is 1. The molecule has 130 valence electrons. The Morgan fingerprint density at radius 1 is 1.36 bits per heavy atom. The molecule has 0 aliphatic carbocycles. The van der Waals surface area contributed by atoms with Crippen molar-refractivity contribution >= 4 is 16.9 Å². The molecule has 1 fully saturated rings. The number of likely N-dealkylation sites (tertiary alicyclic amines) is 1. The van der Waals surface area contributed by atoms with Crippen molar-refractivity contribution in [1.29, 1.82) is 0 Å². The van der Waals surface area contributed by atoms with Crippen LogP contribution in [0.4, 0.5) is 0 Å². The summed E-state index contributed by atoms with van der Waals surface area (Å²) in [5.41, 5.74) is 3.64. The Hall–Kier alpha value is -2.63. The lowest BCUT2D eigenvalue weighted by Crippen LogP contribution is -2.46. The Morgan fingerprint density at radius 3 is 3.04 bits per heavy atom. The Morgan fingerprint density at radius 2 is 2.24 bits per heavy atom. The molecule has 4 heterocycles. The molecular weight excluding hydrogens is 314 g/mol. The molecule has 1 saturated heterocycles. The highest BCUT2D eigenvalue weighted by atomic mass is 16.2. The van der Waals surface area contributed by atoms with Crippen molar-refractivity contribution in [3.63, 3.8) is 0 Å². The molecular formula is C19H23N5O. The average molecular weight is 337 g/mol. The van der Waals surface area contributed by atoms with Crippen LogP contribution < -0.4 is 0 Å². The molecule has 3 aromatic rings. The number of rotatable bonds is 3. The fourth-order valence-electron chi connectivity index (χ4n) is 3.80. The average Bonchev–Trinajstić information content (AvgIpc) is 3.18. The number of amides is 1. The molecule has 1 N–H and O–H groups in total. The van der Waals surface area contributed by atoms with Crippen molar-refractivity contribution in [2.75, 3.05) is 6.54 Å². The SMILES string of the molecule is Cc1cc(C)n(C[C@@H]2CCCCN2C(=O)c2c[nH]c3ncccc23)n1. The number of H-pyrrole nitrogens is 1. The van der Waals surface area contributed by atoms with Crippen LogP contribution in [-0.2, 0) is 6.54 Å². The first-order valence-electron chi connectivity index (χ1n) is 8.87. The normalized spacial score (nSPS) is 18.0. The second-order valence-corrected chi connectivity index (χ2v) is 6.86. The highest BCUT2D eigenvalue weighted by molar-refractivity contribution is 6.06. The maximum atomic E-state index is 13.2. The molecule has 4 rings (SSSR count).